The van der Waals surface area contributed by atoms with Crippen molar-refractivity contribution in [2.24, 2.45) is 0 Å². The van der Waals surface area contributed by atoms with Crippen LogP contribution in [-0.2, 0) is 0 Å². The van der Waals surface area contributed by atoms with E-state index in [1.54, 1.807) is 31.2 Å². The van der Waals surface area contributed by atoms with Gasteiger partial charge in [0.25, 0.3) is 5.56 Å². The highest BCUT2D eigenvalue weighted by Gasteiger charge is 2.12. The molecular formula is C15H10ClFN2O. The number of pyridine rings is 2. The number of benzene rings is 1. The fourth-order valence-electron chi connectivity index (χ4n) is 2.16. The number of aromatic nitrogens is 2. The number of hydrogen-bond donors (Lipinski definition) is 1. The van der Waals surface area contributed by atoms with Gasteiger partial charge in [-0.05, 0) is 31.2 Å². The van der Waals surface area contributed by atoms with Crippen molar-refractivity contribution in [1.29, 1.82) is 0 Å². The van der Waals surface area contributed by atoms with Gasteiger partial charge in [0.1, 0.15) is 11.3 Å². The predicted octanol–water partition coefficient (Wildman–Crippen LogP) is 3.69. The van der Waals surface area contributed by atoms with E-state index in [0.717, 1.165) is 5.69 Å². The number of aryl methyl sites for hydroxylation is 1. The molecule has 3 nitrogen and oxygen atoms in total. The summed E-state index contributed by atoms with van der Waals surface area (Å²) in [6.45, 7) is 1.80. The molecule has 100 valence electrons. The predicted molar refractivity (Wildman–Crippen MR) is 77.5 cm³/mol. The van der Waals surface area contributed by atoms with Gasteiger partial charge in [0.2, 0.25) is 0 Å². The molecule has 3 aromatic rings. The Hall–Kier alpha value is -2.20. The molecule has 0 fully saturated rings. The lowest BCUT2D eigenvalue weighted by atomic mass is 10.0. The maximum absolute atomic E-state index is 14.0. The quantitative estimate of drug-likeness (QED) is 0.742. The Bertz CT molecular complexity index is 873. The van der Waals surface area contributed by atoms with Crippen LogP contribution >= 0.6 is 11.6 Å². The van der Waals surface area contributed by atoms with Gasteiger partial charge < -0.3 is 4.98 Å². The van der Waals surface area contributed by atoms with Crippen LogP contribution in [0.4, 0.5) is 4.39 Å². The molecule has 0 aliphatic rings. The van der Waals surface area contributed by atoms with Gasteiger partial charge in [0, 0.05) is 33.4 Å². The maximum atomic E-state index is 14.0. The second kappa shape index (κ2) is 4.72. The zero-order chi connectivity index (χ0) is 14.3. The Morgan fingerprint density at radius 3 is 2.75 bits per heavy atom. The molecule has 1 aromatic carbocycles. The van der Waals surface area contributed by atoms with Crippen molar-refractivity contribution in [3.63, 3.8) is 0 Å². The number of fused-ring (bicyclic) bond motifs is 1. The highest BCUT2D eigenvalue weighted by molar-refractivity contribution is 6.30. The molecule has 0 bridgehead atoms. The fraction of sp³-hybridized carbons (Fsp3) is 0.0667. The molecule has 0 saturated carbocycles. The molecule has 1 N–H and O–H groups in total. The molecule has 5 heteroatoms. The van der Waals surface area contributed by atoms with E-state index in [2.05, 4.69) is 9.97 Å². The average Bonchev–Trinajstić information content (AvgIpc) is 2.41. The van der Waals surface area contributed by atoms with Crippen LogP contribution in [0.1, 0.15) is 5.69 Å². The summed E-state index contributed by atoms with van der Waals surface area (Å²) in [4.78, 5) is 18.6. The monoisotopic (exact) mass is 288 g/mol. The van der Waals surface area contributed by atoms with Crippen molar-refractivity contribution in [3.8, 4) is 11.1 Å². The summed E-state index contributed by atoms with van der Waals surface area (Å²) in [6.07, 6.45) is 1.49. The number of nitrogens with zero attached hydrogens (tertiary/aromatic N) is 1. The van der Waals surface area contributed by atoms with Gasteiger partial charge in [-0.15, -0.1) is 0 Å². The van der Waals surface area contributed by atoms with Crippen LogP contribution in [0, 0.1) is 12.7 Å². The largest absolute Gasteiger partial charge is 0.327 e. The number of rotatable bonds is 1. The third-order valence-electron chi connectivity index (χ3n) is 3.11. The van der Waals surface area contributed by atoms with Crippen molar-refractivity contribution in [2.75, 3.05) is 0 Å². The lowest BCUT2D eigenvalue weighted by molar-refractivity contribution is 0.631. The first-order valence-corrected chi connectivity index (χ1v) is 6.38. The summed E-state index contributed by atoms with van der Waals surface area (Å²) in [6, 6.07) is 8.01. The molecule has 20 heavy (non-hydrogen) atoms. The first-order valence-electron chi connectivity index (χ1n) is 6.01. The number of aromatic amines is 1. The normalized spacial score (nSPS) is 10.9. The van der Waals surface area contributed by atoms with Crippen LogP contribution in [0.15, 0.2) is 41.3 Å². The third kappa shape index (κ3) is 2.08. The van der Waals surface area contributed by atoms with E-state index in [0.29, 0.717) is 27.1 Å². The van der Waals surface area contributed by atoms with Crippen molar-refractivity contribution in [3.05, 3.63) is 63.4 Å². The van der Waals surface area contributed by atoms with Crippen molar-refractivity contribution in [1.82, 2.24) is 9.97 Å². The zero-order valence-corrected chi connectivity index (χ0v) is 11.3. The van der Waals surface area contributed by atoms with E-state index in [1.807, 2.05) is 0 Å². The third-order valence-corrected chi connectivity index (χ3v) is 3.34. The summed E-state index contributed by atoms with van der Waals surface area (Å²) >= 11 is 5.76. The molecule has 0 unspecified atom stereocenters. The smallest absolute Gasteiger partial charge is 0.274 e. The van der Waals surface area contributed by atoms with Gasteiger partial charge >= 0.3 is 0 Å². The Kier molecular flexibility index (Phi) is 3.03. The van der Waals surface area contributed by atoms with E-state index in [1.165, 1.54) is 12.3 Å². The minimum Gasteiger partial charge on any atom is -0.327 e. The average molecular weight is 289 g/mol. The van der Waals surface area contributed by atoms with Gasteiger partial charge in [-0.25, -0.2) is 9.37 Å². The van der Waals surface area contributed by atoms with E-state index < -0.39 is 5.82 Å². The Morgan fingerprint density at radius 1 is 1.20 bits per heavy atom. The van der Waals surface area contributed by atoms with Crippen LogP contribution in [0.2, 0.25) is 5.02 Å². The van der Waals surface area contributed by atoms with Crippen molar-refractivity contribution >= 4 is 22.5 Å². The highest BCUT2D eigenvalue weighted by Crippen LogP contribution is 2.29. The molecule has 0 amide bonds. The summed E-state index contributed by atoms with van der Waals surface area (Å²) in [5, 5.41) is 0.939. The van der Waals surface area contributed by atoms with Crippen LogP contribution < -0.4 is 5.56 Å². The minimum absolute atomic E-state index is 0.290. The van der Waals surface area contributed by atoms with Crippen molar-refractivity contribution < 1.29 is 4.39 Å². The number of hydrogen-bond acceptors (Lipinski definition) is 2. The minimum atomic E-state index is -0.438. The van der Waals surface area contributed by atoms with Gasteiger partial charge in [0.15, 0.2) is 0 Å². The molecule has 2 heterocycles. The number of halogens is 2. The molecule has 0 aliphatic heterocycles. The summed E-state index contributed by atoms with van der Waals surface area (Å²) < 4.78 is 14.0. The topological polar surface area (TPSA) is 45.8 Å². The lowest BCUT2D eigenvalue weighted by Gasteiger charge is -2.08. The molecule has 0 spiro atoms. The second-order valence-electron chi connectivity index (χ2n) is 4.50. The fourth-order valence-corrected chi connectivity index (χ4v) is 2.32. The van der Waals surface area contributed by atoms with Gasteiger partial charge in [-0.2, -0.15) is 0 Å². The second-order valence-corrected chi connectivity index (χ2v) is 4.94. The van der Waals surface area contributed by atoms with Crippen LogP contribution in [-0.4, -0.2) is 9.97 Å². The van der Waals surface area contributed by atoms with Gasteiger partial charge in [-0.1, -0.05) is 17.7 Å². The molecule has 3 rings (SSSR count). The first kappa shape index (κ1) is 12.8. The molecule has 0 aliphatic carbocycles. The van der Waals surface area contributed by atoms with E-state index in [9.17, 15) is 9.18 Å². The SMILES string of the molecule is Cc1ccc2c(-c3ccc(Cl)cc3F)c[nH]c(=O)c2n1. The summed E-state index contributed by atoms with van der Waals surface area (Å²) in [5.41, 5.74) is 1.71. The molecule has 0 saturated heterocycles. The standard InChI is InChI=1S/C15H10ClFN2O/c1-8-2-4-11-12(7-18-15(20)14(11)19-8)10-5-3-9(16)6-13(10)17/h2-7H,1H3,(H,18,20). The highest BCUT2D eigenvalue weighted by atomic mass is 35.5. The molecule has 0 radical (unpaired) electrons. The van der Waals surface area contributed by atoms with Gasteiger partial charge in [0.05, 0.1) is 0 Å². The van der Waals surface area contributed by atoms with E-state index >= 15 is 0 Å². The zero-order valence-electron chi connectivity index (χ0n) is 10.6. The van der Waals surface area contributed by atoms with E-state index in [4.69, 9.17) is 11.6 Å². The summed E-state index contributed by atoms with van der Waals surface area (Å²) in [7, 11) is 0. The van der Waals surface area contributed by atoms with Gasteiger partial charge in [-0.3, -0.25) is 4.79 Å². The van der Waals surface area contributed by atoms with Crippen LogP contribution in [0.25, 0.3) is 22.0 Å². The lowest BCUT2D eigenvalue weighted by Crippen LogP contribution is -2.08. The van der Waals surface area contributed by atoms with Crippen LogP contribution in [0.3, 0.4) is 0 Å². The Balaban J connectivity index is 2.37. The molecule has 0 atom stereocenters. The first-order chi connectivity index (χ1) is 9.56. The van der Waals surface area contributed by atoms with Crippen LogP contribution in [0.5, 0.6) is 0 Å². The summed E-state index contributed by atoms with van der Waals surface area (Å²) in [5.74, 6) is -0.438. The van der Waals surface area contributed by atoms with Crippen molar-refractivity contribution in [2.45, 2.75) is 6.92 Å². The molecular weight excluding hydrogens is 279 g/mol. The Labute approximate surface area is 119 Å². The number of nitrogens with one attached hydrogen (secondary N) is 1. The number of H-pyrrole nitrogens is 1. The molecule has 2 aromatic heterocycles. The van der Waals surface area contributed by atoms with E-state index in [-0.39, 0.29) is 5.56 Å². The Morgan fingerprint density at radius 2 is 2.00 bits per heavy atom. The maximum Gasteiger partial charge on any atom is 0.274 e.